The number of amides is 1. The number of sulfonamides is 1. The van der Waals surface area contributed by atoms with Crippen LogP contribution < -0.4 is 5.32 Å². The summed E-state index contributed by atoms with van der Waals surface area (Å²) < 4.78 is 38.8. The number of carbonyl (C=O) groups excluding carboxylic acids is 1. The van der Waals surface area contributed by atoms with E-state index in [2.05, 4.69) is 10.5 Å². The summed E-state index contributed by atoms with van der Waals surface area (Å²) in [4.78, 5) is 12.9. The van der Waals surface area contributed by atoms with Crippen molar-refractivity contribution in [2.24, 2.45) is 5.92 Å². The van der Waals surface area contributed by atoms with Crippen molar-refractivity contribution < 1.29 is 22.2 Å². The Morgan fingerprint density at radius 1 is 1.19 bits per heavy atom. The first-order valence-electron chi connectivity index (χ1n) is 10.9. The van der Waals surface area contributed by atoms with Gasteiger partial charge in [-0.15, -0.1) is 0 Å². The lowest BCUT2D eigenvalue weighted by molar-refractivity contribution is -0.127. The first kappa shape index (κ1) is 21.8. The summed E-state index contributed by atoms with van der Waals surface area (Å²) in [5.41, 5.74) is 0.299. The molecule has 1 atom stereocenters. The largest absolute Gasteiger partial charge is 0.465 e. The maximum atomic E-state index is 13.4. The lowest BCUT2D eigenvalue weighted by Crippen LogP contribution is -2.48. The van der Waals surface area contributed by atoms with Crippen LogP contribution >= 0.6 is 0 Å². The number of furan rings is 1. The Kier molecular flexibility index (Phi) is 6.62. The second-order valence-electron chi connectivity index (χ2n) is 8.36. The molecule has 3 heterocycles. The highest BCUT2D eigenvalue weighted by molar-refractivity contribution is 7.89. The second kappa shape index (κ2) is 9.40. The fraction of sp³-hybridized carbons (Fsp3) is 0.545. The zero-order valence-corrected chi connectivity index (χ0v) is 18.6. The molecule has 1 N–H and O–H groups in total. The van der Waals surface area contributed by atoms with Gasteiger partial charge in [0, 0.05) is 19.1 Å². The molecule has 0 unspecified atom stereocenters. The summed E-state index contributed by atoms with van der Waals surface area (Å²) in [5, 5.41) is 7.01. The van der Waals surface area contributed by atoms with Gasteiger partial charge in [0.1, 0.15) is 11.5 Å². The predicted molar refractivity (Wildman–Crippen MR) is 115 cm³/mol. The van der Waals surface area contributed by atoms with E-state index in [1.807, 2.05) is 0 Å². The van der Waals surface area contributed by atoms with E-state index >= 15 is 0 Å². The standard InChI is InChI=1S/C22H29N3O5S/c1-16-21(20(30-24-16)12-11-19-10-6-14-29-19)31(27,28)25-13-5-7-17(15-25)22(26)23-18-8-3-2-4-9-18/h6,10-12,14,17-18H,2-5,7-9,13,15H2,1H3,(H,23,26)/b12-11+/t17-/m0/s1. The van der Waals surface area contributed by atoms with Crippen LogP contribution in [0.2, 0.25) is 0 Å². The van der Waals surface area contributed by atoms with Crippen LogP contribution in [0, 0.1) is 12.8 Å². The number of carbonyl (C=O) groups is 1. The lowest BCUT2D eigenvalue weighted by atomic mass is 9.93. The molecular formula is C22H29N3O5S. The number of piperidine rings is 1. The Hall–Kier alpha value is -2.39. The van der Waals surface area contributed by atoms with Gasteiger partial charge in [-0.3, -0.25) is 4.79 Å². The molecule has 1 saturated carbocycles. The molecule has 4 rings (SSSR count). The van der Waals surface area contributed by atoms with Crippen molar-refractivity contribution in [2.45, 2.75) is 62.8 Å². The Labute approximate surface area is 182 Å². The number of rotatable bonds is 6. The van der Waals surface area contributed by atoms with Gasteiger partial charge in [0.15, 0.2) is 10.7 Å². The Morgan fingerprint density at radius 2 is 2.00 bits per heavy atom. The van der Waals surface area contributed by atoms with Gasteiger partial charge < -0.3 is 14.3 Å². The van der Waals surface area contributed by atoms with Crippen molar-refractivity contribution in [3.8, 4) is 0 Å². The molecule has 1 aliphatic heterocycles. The molecular weight excluding hydrogens is 418 g/mol. The number of nitrogens with one attached hydrogen (secondary N) is 1. The van der Waals surface area contributed by atoms with E-state index in [1.54, 1.807) is 31.2 Å². The highest BCUT2D eigenvalue weighted by Gasteiger charge is 2.37. The minimum Gasteiger partial charge on any atom is -0.465 e. The number of hydrogen-bond donors (Lipinski definition) is 1. The van der Waals surface area contributed by atoms with Crippen molar-refractivity contribution in [3.05, 3.63) is 35.6 Å². The van der Waals surface area contributed by atoms with Gasteiger partial charge in [-0.25, -0.2) is 8.42 Å². The van der Waals surface area contributed by atoms with Crippen LogP contribution in [-0.4, -0.2) is 42.9 Å². The van der Waals surface area contributed by atoms with Crippen molar-refractivity contribution in [1.29, 1.82) is 0 Å². The molecule has 1 aliphatic carbocycles. The van der Waals surface area contributed by atoms with E-state index in [0.29, 0.717) is 30.8 Å². The van der Waals surface area contributed by atoms with Crippen LogP contribution in [0.4, 0.5) is 0 Å². The van der Waals surface area contributed by atoms with Crippen molar-refractivity contribution in [3.63, 3.8) is 0 Å². The van der Waals surface area contributed by atoms with Crippen molar-refractivity contribution in [2.75, 3.05) is 13.1 Å². The number of nitrogens with zero attached hydrogens (tertiary/aromatic N) is 2. The minimum absolute atomic E-state index is 0.0354. The van der Waals surface area contributed by atoms with Crippen LogP contribution in [0.15, 0.2) is 32.2 Å². The van der Waals surface area contributed by atoms with Gasteiger partial charge >= 0.3 is 0 Å². The predicted octanol–water partition coefficient (Wildman–Crippen LogP) is 3.60. The molecule has 9 heteroatoms. The zero-order valence-electron chi connectivity index (χ0n) is 17.7. The molecule has 2 fully saturated rings. The minimum atomic E-state index is -3.86. The molecule has 1 saturated heterocycles. The molecule has 168 valence electrons. The van der Waals surface area contributed by atoms with E-state index < -0.39 is 10.0 Å². The fourth-order valence-electron chi connectivity index (χ4n) is 4.41. The number of aromatic nitrogens is 1. The Bertz CT molecular complexity index is 1020. The monoisotopic (exact) mass is 447 g/mol. The smallest absolute Gasteiger partial charge is 0.248 e. The molecule has 0 bridgehead atoms. The highest BCUT2D eigenvalue weighted by Crippen LogP contribution is 2.29. The Morgan fingerprint density at radius 3 is 2.74 bits per heavy atom. The Balaban J connectivity index is 1.49. The molecule has 31 heavy (non-hydrogen) atoms. The summed E-state index contributed by atoms with van der Waals surface area (Å²) in [6.45, 7) is 2.16. The summed E-state index contributed by atoms with van der Waals surface area (Å²) in [6, 6.07) is 3.72. The second-order valence-corrected chi connectivity index (χ2v) is 10.2. The van der Waals surface area contributed by atoms with Gasteiger partial charge in [0.05, 0.1) is 12.2 Å². The first-order valence-corrected chi connectivity index (χ1v) is 12.4. The van der Waals surface area contributed by atoms with E-state index in [-0.39, 0.29) is 35.1 Å². The fourth-order valence-corrected chi connectivity index (χ4v) is 6.19. The summed E-state index contributed by atoms with van der Waals surface area (Å²) in [5.74, 6) is 0.358. The molecule has 2 aromatic heterocycles. The third-order valence-corrected chi connectivity index (χ3v) is 8.10. The normalized spacial score (nSPS) is 21.5. The third kappa shape index (κ3) is 4.93. The van der Waals surface area contributed by atoms with Crippen molar-refractivity contribution in [1.82, 2.24) is 14.8 Å². The number of aryl methyl sites for hydroxylation is 1. The SMILES string of the molecule is Cc1noc(/C=C/c2ccco2)c1S(=O)(=O)N1CCC[C@H](C(=O)NC2CCCCC2)C1. The highest BCUT2D eigenvalue weighted by atomic mass is 32.2. The summed E-state index contributed by atoms with van der Waals surface area (Å²) in [7, 11) is -3.86. The van der Waals surface area contributed by atoms with Crippen LogP contribution in [0.5, 0.6) is 0 Å². The van der Waals surface area contributed by atoms with Gasteiger partial charge in [0.25, 0.3) is 0 Å². The summed E-state index contributed by atoms with van der Waals surface area (Å²) in [6.07, 6.45) is 11.6. The molecule has 0 spiro atoms. The van der Waals surface area contributed by atoms with Crippen LogP contribution in [0.25, 0.3) is 12.2 Å². The zero-order chi connectivity index (χ0) is 21.8. The van der Waals surface area contributed by atoms with Gasteiger partial charge in [-0.05, 0) is 56.9 Å². The molecule has 1 amide bonds. The third-order valence-electron chi connectivity index (χ3n) is 6.08. The average molecular weight is 448 g/mol. The molecule has 0 radical (unpaired) electrons. The maximum absolute atomic E-state index is 13.4. The average Bonchev–Trinajstić information content (AvgIpc) is 3.42. The molecule has 8 nitrogen and oxygen atoms in total. The van der Waals surface area contributed by atoms with Gasteiger partial charge in [0.2, 0.25) is 15.9 Å². The quantitative estimate of drug-likeness (QED) is 0.725. The van der Waals surface area contributed by atoms with Crippen LogP contribution in [0.1, 0.15) is 62.2 Å². The lowest BCUT2D eigenvalue weighted by Gasteiger charge is -2.32. The van der Waals surface area contributed by atoms with Gasteiger partial charge in [-0.2, -0.15) is 4.31 Å². The molecule has 2 aliphatic rings. The topological polar surface area (TPSA) is 106 Å². The van der Waals surface area contributed by atoms with E-state index in [1.165, 1.54) is 17.0 Å². The van der Waals surface area contributed by atoms with Crippen molar-refractivity contribution >= 4 is 28.1 Å². The van der Waals surface area contributed by atoms with Crippen LogP contribution in [-0.2, 0) is 14.8 Å². The number of hydrogen-bond acceptors (Lipinski definition) is 6. The first-order chi connectivity index (χ1) is 14.9. The van der Waals surface area contributed by atoms with Gasteiger partial charge in [-0.1, -0.05) is 24.4 Å². The molecule has 0 aromatic carbocycles. The van der Waals surface area contributed by atoms with Crippen LogP contribution in [0.3, 0.4) is 0 Å². The van der Waals surface area contributed by atoms with E-state index in [4.69, 9.17) is 8.94 Å². The van der Waals surface area contributed by atoms with E-state index in [9.17, 15) is 13.2 Å². The summed E-state index contributed by atoms with van der Waals surface area (Å²) >= 11 is 0. The van der Waals surface area contributed by atoms with E-state index in [0.717, 1.165) is 25.7 Å². The molecule has 2 aromatic rings. The maximum Gasteiger partial charge on any atom is 0.248 e.